The van der Waals surface area contributed by atoms with Crippen molar-refractivity contribution in [3.63, 3.8) is 0 Å². The van der Waals surface area contributed by atoms with Gasteiger partial charge in [0.1, 0.15) is 5.75 Å². The van der Waals surface area contributed by atoms with Gasteiger partial charge in [-0.2, -0.15) is 5.10 Å². The topological polar surface area (TPSA) is 58.2 Å². The molecule has 0 radical (unpaired) electrons. The van der Waals surface area contributed by atoms with Crippen LogP contribution in [0.1, 0.15) is 42.4 Å². The van der Waals surface area contributed by atoms with E-state index in [4.69, 9.17) is 27.9 Å². The molecule has 0 aliphatic carbocycles. The van der Waals surface area contributed by atoms with Crippen molar-refractivity contribution in [2.75, 3.05) is 13.7 Å². The number of hydrogen-bond donors (Lipinski definition) is 1. The van der Waals surface area contributed by atoms with Gasteiger partial charge in [-0.3, -0.25) is 9.89 Å². The van der Waals surface area contributed by atoms with E-state index >= 15 is 0 Å². The SMILES string of the molecule is COc1ccc(Cl)c(Cl)c1[C@H]1C[C@H]2C[C@@H](c3cc[nH]n3)CC(=O)N2C1. The summed E-state index contributed by atoms with van der Waals surface area (Å²) >= 11 is 12.7. The normalized spacial score (nSPS) is 26.0. The summed E-state index contributed by atoms with van der Waals surface area (Å²) in [7, 11) is 1.63. The lowest BCUT2D eigenvalue weighted by molar-refractivity contribution is -0.135. The lowest BCUT2D eigenvalue weighted by Gasteiger charge is -2.33. The Hall–Kier alpha value is -1.72. The number of carbonyl (C=O) groups is 1. The fourth-order valence-corrected chi connectivity index (χ4v) is 4.70. The molecule has 0 saturated carbocycles. The van der Waals surface area contributed by atoms with E-state index in [0.717, 1.165) is 29.8 Å². The number of H-pyrrole nitrogens is 1. The lowest BCUT2D eigenvalue weighted by Crippen LogP contribution is -2.41. The van der Waals surface area contributed by atoms with Crippen molar-refractivity contribution >= 4 is 29.1 Å². The summed E-state index contributed by atoms with van der Waals surface area (Å²) in [6.07, 6.45) is 4.10. The monoisotopic (exact) mass is 379 g/mol. The molecular weight excluding hydrogens is 361 g/mol. The summed E-state index contributed by atoms with van der Waals surface area (Å²) < 4.78 is 5.49. The quantitative estimate of drug-likeness (QED) is 0.876. The van der Waals surface area contributed by atoms with Crippen LogP contribution >= 0.6 is 23.2 Å². The highest BCUT2D eigenvalue weighted by molar-refractivity contribution is 6.42. The second kappa shape index (κ2) is 6.54. The molecular formula is C18H19Cl2N3O2. The molecule has 3 heterocycles. The zero-order valence-electron chi connectivity index (χ0n) is 13.8. The van der Waals surface area contributed by atoms with Gasteiger partial charge in [-0.25, -0.2) is 0 Å². The number of methoxy groups -OCH3 is 1. The highest BCUT2D eigenvalue weighted by Gasteiger charge is 2.43. The predicted octanol–water partition coefficient (Wildman–Crippen LogP) is 3.99. The third-order valence-electron chi connectivity index (χ3n) is 5.37. The second-order valence-electron chi connectivity index (χ2n) is 6.75. The lowest BCUT2D eigenvalue weighted by atomic mass is 9.86. The van der Waals surface area contributed by atoms with Crippen LogP contribution in [0.5, 0.6) is 5.75 Å². The van der Waals surface area contributed by atoms with Crippen LogP contribution in [0.25, 0.3) is 0 Å². The molecule has 0 spiro atoms. The smallest absolute Gasteiger partial charge is 0.223 e. The van der Waals surface area contributed by atoms with Crippen LogP contribution in [-0.2, 0) is 4.79 Å². The average molecular weight is 380 g/mol. The Morgan fingerprint density at radius 1 is 1.24 bits per heavy atom. The first kappa shape index (κ1) is 16.7. The van der Waals surface area contributed by atoms with Crippen molar-refractivity contribution in [2.45, 2.75) is 37.1 Å². The van der Waals surface area contributed by atoms with Crippen molar-refractivity contribution < 1.29 is 9.53 Å². The first-order valence-corrected chi connectivity index (χ1v) is 9.15. The fourth-order valence-electron chi connectivity index (χ4n) is 4.23. The van der Waals surface area contributed by atoms with Crippen LogP contribution in [0.2, 0.25) is 10.0 Å². The third-order valence-corrected chi connectivity index (χ3v) is 6.19. The summed E-state index contributed by atoms with van der Waals surface area (Å²) in [5.41, 5.74) is 1.88. The molecule has 2 fully saturated rings. The van der Waals surface area contributed by atoms with Crippen LogP contribution in [0.3, 0.4) is 0 Å². The highest BCUT2D eigenvalue weighted by Crippen LogP contribution is 2.46. The molecule has 2 aliphatic heterocycles. The molecule has 5 nitrogen and oxygen atoms in total. The average Bonchev–Trinajstić information content (AvgIpc) is 3.26. The Morgan fingerprint density at radius 3 is 2.76 bits per heavy atom. The van der Waals surface area contributed by atoms with Crippen molar-refractivity contribution in [1.82, 2.24) is 15.1 Å². The Kier molecular flexibility index (Phi) is 4.38. The number of piperidine rings is 1. The molecule has 25 heavy (non-hydrogen) atoms. The Bertz CT molecular complexity index is 794. The van der Waals surface area contributed by atoms with Crippen molar-refractivity contribution in [3.8, 4) is 5.75 Å². The summed E-state index contributed by atoms with van der Waals surface area (Å²) in [6.45, 7) is 0.660. The van der Waals surface area contributed by atoms with Crippen molar-refractivity contribution in [3.05, 3.63) is 45.7 Å². The van der Waals surface area contributed by atoms with Crippen LogP contribution in [0.15, 0.2) is 24.4 Å². The molecule has 7 heteroatoms. The van der Waals surface area contributed by atoms with Gasteiger partial charge in [0.15, 0.2) is 0 Å². The number of halogens is 2. The first-order chi connectivity index (χ1) is 12.1. The molecule has 3 atom stereocenters. The van der Waals surface area contributed by atoms with E-state index in [0.29, 0.717) is 23.0 Å². The van der Waals surface area contributed by atoms with E-state index in [1.807, 2.05) is 17.0 Å². The van der Waals surface area contributed by atoms with Crippen LogP contribution in [0, 0.1) is 0 Å². The maximum Gasteiger partial charge on any atom is 0.223 e. The third kappa shape index (κ3) is 2.89. The number of fused-ring (bicyclic) bond motifs is 1. The number of ether oxygens (including phenoxy) is 1. The number of rotatable bonds is 3. The van der Waals surface area contributed by atoms with E-state index in [1.54, 1.807) is 19.4 Å². The molecule has 2 saturated heterocycles. The number of carbonyl (C=O) groups excluding carboxylic acids is 1. The zero-order chi connectivity index (χ0) is 17.6. The molecule has 0 unspecified atom stereocenters. The minimum Gasteiger partial charge on any atom is -0.496 e. The minimum atomic E-state index is 0.132. The molecule has 0 bridgehead atoms. The van der Waals surface area contributed by atoms with Crippen molar-refractivity contribution in [2.24, 2.45) is 0 Å². The number of benzene rings is 1. The van der Waals surface area contributed by atoms with Crippen molar-refractivity contribution in [1.29, 1.82) is 0 Å². The van der Waals surface area contributed by atoms with Gasteiger partial charge in [0.25, 0.3) is 0 Å². The summed E-state index contributed by atoms with van der Waals surface area (Å²) in [6, 6.07) is 5.74. The Morgan fingerprint density at radius 2 is 2.04 bits per heavy atom. The maximum atomic E-state index is 12.7. The second-order valence-corrected chi connectivity index (χ2v) is 7.53. The van der Waals surface area contributed by atoms with Crippen LogP contribution < -0.4 is 4.74 Å². The maximum absolute atomic E-state index is 12.7. The molecule has 4 rings (SSSR count). The van der Waals surface area contributed by atoms with Gasteiger partial charge in [-0.05, 0) is 31.0 Å². The molecule has 1 aromatic carbocycles. The molecule has 2 aliphatic rings. The summed E-state index contributed by atoms with van der Waals surface area (Å²) in [4.78, 5) is 14.7. The molecule has 1 N–H and O–H groups in total. The number of aromatic amines is 1. The predicted molar refractivity (Wildman–Crippen MR) is 96.4 cm³/mol. The van der Waals surface area contributed by atoms with Crippen LogP contribution in [-0.4, -0.2) is 40.7 Å². The van der Waals surface area contributed by atoms with Gasteiger partial charge in [0.05, 0.1) is 22.8 Å². The number of aromatic nitrogens is 2. The molecule has 1 aromatic heterocycles. The van der Waals surface area contributed by atoms with Gasteiger partial charge < -0.3 is 9.64 Å². The molecule has 2 aromatic rings. The fraction of sp³-hybridized carbons (Fsp3) is 0.444. The van der Waals surface area contributed by atoms with E-state index in [2.05, 4.69) is 10.2 Å². The molecule has 1 amide bonds. The van der Waals surface area contributed by atoms with Gasteiger partial charge in [0.2, 0.25) is 5.91 Å². The Labute approximate surface area is 156 Å². The van der Waals surface area contributed by atoms with Gasteiger partial charge >= 0.3 is 0 Å². The standard InChI is InChI=1S/C18H19Cl2N3O2/c1-25-15-3-2-13(19)18(20)17(15)11-7-12-6-10(14-4-5-21-22-14)8-16(24)23(12)9-11/h2-5,10-12H,6-9H2,1H3,(H,21,22)/t10-,11+,12-/m1/s1. The van der Waals surface area contributed by atoms with E-state index in [-0.39, 0.29) is 23.8 Å². The zero-order valence-corrected chi connectivity index (χ0v) is 15.3. The van der Waals surface area contributed by atoms with Gasteiger partial charge in [0, 0.05) is 42.6 Å². The number of nitrogens with zero attached hydrogens (tertiary/aromatic N) is 2. The first-order valence-electron chi connectivity index (χ1n) is 8.39. The summed E-state index contributed by atoms with van der Waals surface area (Å²) in [5, 5.41) is 8.15. The van der Waals surface area contributed by atoms with E-state index < -0.39 is 0 Å². The minimum absolute atomic E-state index is 0.132. The Balaban J connectivity index is 1.61. The largest absolute Gasteiger partial charge is 0.496 e. The number of amides is 1. The van der Waals surface area contributed by atoms with Gasteiger partial charge in [-0.1, -0.05) is 23.2 Å². The molecule has 132 valence electrons. The number of hydrogen-bond acceptors (Lipinski definition) is 3. The van der Waals surface area contributed by atoms with E-state index in [1.165, 1.54) is 0 Å². The van der Waals surface area contributed by atoms with E-state index in [9.17, 15) is 4.79 Å². The summed E-state index contributed by atoms with van der Waals surface area (Å²) in [5.74, 6) is 1.22. The highest BCUT2D eigenvalue weighted by atomic mass is 35.5. The number of nitrogens with one attached hydrogen (secondary N) is 1. The van der Waals surface area contributed by atoms with Gasteiger partial charge in [-0.15, -0.1) is 0 Å². The van der Waals surface area contributed by atoms with Crippen LogP contribution in [0.4, 0.5) is 0 Å².